The van der Waals surface area contributed by atoms with Crippen molar-refractivity contribution in [2.24, 2.45) is 0 Å². The highest BCUT2D eigenvalue weighted by molar-refractivity contribution is 7.92. The molecule has 0 unspecified atom stereocenters. The Morgan fingerprint density at radius 1 is 1.05 bits per heavy atom. The summed E-state index contributed by atoms with van der Waals surface area (Å²) in [4.78, 5) is 10.9. The Labute approximate surface area is 122 Å². The summed E-state index contributed by atoms with van der Waals surface area (Å²) in [5.74, 6) is -0.395. The van der Waals surface area contributed by atoms with Gasteiger partial charge in [-0.2, -0.15) is 0 Å². The van der Waals surface area contributed by atoms with Gasteiger partial charge in [0, 0.05) is 12.6 Å². The number of carbonyl (C=O) groups excluding carboxylic acids is 1. The van der Waals surface area contributed by atoms with Crippen molar-refractivity contribution in [2.75, 3.05) is 10.0 Å². The smallest absolute Gasteiger partial charge is 0.262 e. The van der Waals surface area contributed by atoms with Gasteiger partial charge in [-0.25, -0.2) is 8.42 Å². The standard InChI is InChI=1S/C14H14N2O4S/c1-10(17)15-11-6-8-12(9-7-11)21(19,20)16-13-4-2-3-5-14(13)18/h2-9,16,18H,1H3,(H,15,17). The summed E-state index contributed by atoms with van der Waals surface area (Å²) in [6.07, 6.45) is 0. The Bertz CT molecular complexity index is 755. The highest BCUT2D eigenvalue weighted by Crippen LogP contribution is 2.25. The molecule has 0 heterocycles. The monoisotopic (exact) mass is 306 g/mol. The number of nitrogens with one attached hydrogen (secondary N) is 2. The molecule has 0 fully saturated rings. The van der Waals surface area contributed by atoms with E-state index in [4.69, 9.17) is 0 Å². The largest absolute Gasteiger partial charge is 0.506 e. The molecule has 0 radical (unpaired) electrons. The summed E-state index contributed by atoms with van der Waals surface area (Å²) < 4.78 is 26.7. The number of carbonyl (C=O) groups is 1. The molecular weight excluding hydrogens is 292 g/mol. The van der Waals surface area contributed by atoms with Crippen LogP contribution in [0.2, 0.25) is 0 Å². The van der Waals surface area contributed by atoms with Gasteiger partial charge in [-0.1, -0.05) is 12.1 Å². The fourth-order valence-corrected chi connectivity index (χ4v) is 2.76. The van der Waals surface area contributed by atoms with Crippen LogP contribution < -0.4 is 10.0 Å². The molecule has 0 atom stereocenters. The summed E-state index contributed by atoms with van der Waals surface area (Å²) in [5, 5.41) is 12.1. The van der Waals surface area contributed by atoms with E-state index in [0.29, 0.717) is 5.69 Å². The van der Waals surface area contributed by atoms with E-state index in [1.807, 2.05) is 0 Å². The van der Waals surface area contributed by atoms with E-state index in [2.05, 4.69) is 10.0 Å². The number of aromatic hydroxyl groups is 1. The summed E-state index contributed by atoms with van der Waals surface area (Å²) in [5.41, 5.74) is 0.604. The van der Waals surface area contributed by atoms with Gasteiger partial charge in [0.1, 0.15) is 5.75 Å². The molecule has 3 N–H and O–H groups in total. The van der Waals surface area contributed by atoms with Crippen molar-refractivity contribution in [3.05, 3.63) is 48.5 Å². The third-order valence-electron chi connectivity index (χ3n) is 2.63. The summed E-state index contributed by atoms with van der Waals surface area (Å²) in [6, 6.07) is 11.8. The van der Waals surface area contributed by atoms with Crippen LogP contribution in [0.1, 0.15) is 6.92 Å². The molecule has 2 rings (SSSR count). The molecule has 0 aromatic heterocycles. The van der Waals surface area contributed by atoms with Gasteiger partial charge in [0.25, 0.3) is 10.0 Å². The molecule has 0 saturated heterocycles. The molecule has 0 bridgehead atoms. The van der Waals surface area contributed by atoms with Gasteiger partial charge in [0.05, 0.1) is 10.6 Å². The van der Waals surface area contributed by atoms with E-state index in [-0.39, 0.29) is 22.2 Å². The highest BCUT2D eigenvalue weighted by atomic mass is 32.2. The molecule has 2 aromatic rings. The van der Waals surface area contributed by atoms with Gasteiger partial charge in [0.15, 0.2) is 0 Å². The van der Waals surface area contributed by atoms with Gasteiger partial charge in [0.2, 0.25) is 5.91 Å². The zero-order valence-corrected chi connectivity index (χ0v) is 12.0. The fourth-order valence-electron chi connectivity index (χ4n) is 1.68. The van der Waals surface area contributed by atoms with E-state index in [0.717, 1.165) is 0 Å². The van der Waals surface area contributed by atoms with Crippen molar-refractivity contribution < 1.29 is 18.3 Å². The van der Waals surface area contributed by atoms with E-state index in [9.17, 15) is 18.3 Å². The van der Waals surface area contributed by atoms with Gasteiger partial charge < -0.3 is 10.4 Å². The lowest BCUT2D eigenvalue weighted by Gasteiger charge is -2.10. The minimum Gasteiger partial charge on any atom is -0.506 e. The van der Waals surface area contributed by atoms with Crippen molar-refractivity contribution in [1.82, 2.24) is 0 Å². The van der Waals surface area contributed by atoms with Gasteiger partial charge in [-0.3, -0.25) is 9.52 Å². The van der Waals surface area contributed by atoms with Crippen molar-refractivity contribution >= 4 is 27.3 Å². The second-order valence-corrected chi connectivity index (χ2v) is 6.01. The third kappa shape index (κ3) is 3.73. The first-order valence-corrected chi connectivity index (χ1v) is 7.55. The molecule has 7 heteroatoms. The Kier molecular flexibility index (Phi) is 4.13. The molecule has 6 nitrogen and oxygen atoms in total. The highest BCUT2D eigenvalue weighted by Gasteiger charge is 2.15. The van der Waals surface area contributed by atoms with Crippen LogP contribution in [-0.2, 0) is 14.8 Å². The average Bonchev–Trinajstić information content (AvgIpc) is 2.41. The van der Waals surface area contributed by atoms with Crippen LogP contribution in [-0.4, -0.2) is 19.4 Å². The van der Waals surface area contributed by atoms with Crippen molar-refractivity contribution in [2.45, 2.75) is 11.8 Å². The maximum atomic E-state index is 12.2. The lowest BCUT2D eigenvalue weighted by Crippen LogP contribution is -2.13. The maximum absolute atomic E-state index is 12.2. The number of sulfonamides is 1. The SMILES string of the molecule is CC(=O)Nc1ccc(S(=O)(=O)Nc2ccccc2O)cc1. The molecule has 21 heavy (non-hydrogen) atoms. The van der Waals surface area contributed by atoms with E-state index < -0.39 is 10.0 Å². The van der Waals surface area contributed by atoms with Crippen LogP contribution in [0.15, 0.2) is 53.4 Å². The quantitative estimate of drug-likeness (QED) is 0.754. The molecule has 0 aliphatic carbocycles. The summed E-state index contributed by atoms with van der Waals surface area (Å²) >= 11 is 0. The number of hydrogen-bond acceptors (Lipinski definition) is 4. The zero-order chi connectivity index (χ0) is 15.5. The number of amides is 1. The number of anilines is 2. The first-order chi connectivity index (χ1) is 9.88. The second-order valence-electron chi connectivity index (χ2n) is 4.33. The number of benzene rings is 2. The predicted molar refractivity (Wildman–Crippen MR) is 79.7 cm³/mol. The molecule has 0 saturated carbocycles. The van der Waals surface area contributed by atoms with Gasteiger partial charge in [-0.15, -0.1) is 0 Å². The van der Waals surface area contributed by atoms with Crippen LogP contribution in [0.3, 0.4) is 0 Å². The average molecular weight is 306 g/mol. The first kappa shape index (κ1) is 14.9. The first-order valence-electron chi connectivity index (χ1n) is 6.07. The van der Waals surface area contributed by atoms with Crippen LogP contribution in [0.5, 0.6) is 5.75 Å². The normalized spacial score (nSPS) is 10.9. The lowest BCUT2D eigenvalue weighted by molar-refractivity contribution is -0.114. The maximum Gasteiger partial charge on any atom is 0.262 e. The Hall–Kier alpha value is -2.54. The predicted octanol–water partition coefficient (Wildman–Crippen LogP) is 2.15. The zero-order valence-electron chi connectivity index (χ0n) is 11.2. The Balaban J connectivity index is 2.24. The fraction of sp³-hybridized carbons (Fsp3) is 0.0714. The number of phenols is 1. The van der Waals surface area contributed by atoms with E-state index in [1.54, 1.807) is 12.1 Å². The Morgan fingerprint density at radius 2 is 1.67 bits per heavy atom. The summed E-state index contributed by atoms with van der Waals surface area (Å²) in [6.45, 7) is 1.37. The molecule has 0 aliphatic rings. The minimum atomic E-state index is -3.80. The molecule has 2 aromatic carbocycles. The number of para-hydroxylation sites is 2. The van der Waals surface area contributed by atoms with Crippen LogP contribution in [0, 0.1) is 0 Å². The van der Waals surface area contributed by atoms with Crippen molar-refractivity contribution in [3.8, 4) is 5.75 Å². The number of rotatable bonds is 4. The second kappa shape index (κ2) is 5.84. The van der Waals surface area contributed by atoms with Gasteiger partial charge >= 0.3 is 0 Å². The van der Waals surface area contributed by atoms with E-state index >= 15 is 0 Å². The molecule has 0 spiro atoms. The Morgan fingerprint density at radius 3 is 2.24 bits per heavy atom. The molecule has 0 aliphatic heterocycles. The van der Waals surface area contributed by atoms with Crippen molar-refractivity contribution in [3.63, 3.8) is 0 Å². The number of phenolic OH excluding ortho intramolecular Hbond substituents is 1. The van der Waals surface area contributed by atoms with Gasteiger partial charge in [-0.05, 0) is 36.4 Å². The van der Waals surface area contributed by atoms with E-state index in [1.165, 1.54) is 43.3 Å². The molecule has 1 amide bonds. The van der Waals surface area contributed by atoms with Crippen LogP contribution in [0.4, 0.5) is 11.4 Å². The minimum absolute atomic E-state index is 0.0276. The lowest BCUT2D eigenvalue weighted by atomic mass is 10.3. The topological polar surface area (TPSA) is 95.5 Å². The number of hydrogen-bond donors (Lipinski definition) is 3. The van der Waals surface area contributed by atoms with Crippen LogP contribution >= 0.6 is 0 Å². The molecular formula is C14H14N2O4S. The van der Waals surface area contributed by atoms with Crippen molar-refractivity contribution in [1.29, 1.82) is 0 Å². The van der Waals surface area contributed by atoms with Crippen LogP contribution in [0.25, 0.3) is 0 Å². The summed E-state index contributed by atoms with van der Waals surface area (Å²) in [7, 11) is -3.80. The molecule has 110 valence electrons. The third-order valence-corrected chi connectivity index (χ3v) is 4.01.